The first kappa shape index (κ1) is 14.9. The Bertz CT molecular complexity index is 571. The number of hydrogen-bond acceptors (Lipinski definition) is 3. The Hall–Kier alpha value is -1.01. The third-order valence-corrected chi connectivity index (χ3v) is 5.78. The minimum atomic E-state index is -0.901. The first-order valence-electron chi connectivity index (χ1n) is 6.92. The average molecular weight is 370 g/mol. The van der Waals surface area contributed by atoms with Crippen molar-refractivity contribution in [2.24, 2.45) is 0 Å². The standard InChI is InChI=1S/C15H16BrNO3S/c16-11-3-1-10(2-4-11)15(5-6-15)14(20)17-7-8-21-9-12(17)13(18)19/h1-4,12H,5-9H2,(H,18,19). The summed E-state index contributed by atoms with van der Waals surface area (Å²) in [6, 6.07) is 7.10. The summed E-state index contributed by atoms with van der Waals surface area (Å²) < 4.78 is 0.979. The summed E-state index contributed by atoms with van der Waals surface area (Å²) in [6.45, 7) is 0.527. The molecule has 4 nitrogen and oxygen atoms in total. The van der Waals surface area contributed by atoms with Gasteiger partial charge in [0, 0.05) is 22.5 Å². The van der Waals surface area contributed by atoms with Gasteiger partial charge in [-0.2, -0.15) is 11.8 Å². The number of carboxylic acids is 1. The molecule has 6 heteroatoms. The largest absolute Gasteiger partial charge is 0.480 e. The van der Waals surface area contributed by atoms with Crippen LogP contribution in [0.2, 0.25) is 0 Å². The number of carbonyl (C=O) groups excluding carboxylic acids is 1. The molecular formula is C15H16BrNO3S. The summed E-state index contributed by atoms with van der Waals surface area (Å²) in [5, 5.41) is 9.34. The smallest absolute Gasteiger partial charge is 0.327 e. The van der Waals surface area contributed by atoms with Gasteiger partial charge in [-0.1, -0.05) is 28.1 Å². The average Bonchev–Trinajstić information content (AvgIpc) is 3.29. The zero-order valence-electron chi connectivity index (χ0n) is 11.4. The Labute approximate surface area is 136 Å². The zero-order valence-corrected chi connectivity index (χ0v) is 13.8. The van der Waals surface area contributed by atoms with Crippen molar-refractivity contribution in [3.8, 4) is 0 Å². The molecule has 112 valence electrons. The van der Waals surface area contributed by atoms with Crippen LogP contribution in [0.1, 0.15) is 18.4 Å². The monoisotopic (exact) mass is 369 g/mol. The van der Waals surface area contributed by atoms with E-state index in [0.717, 1.165) is 28.6 Å². The van der Waals surface area contributed by atoms with E-state index in [2.05, 4.69) is 15.9 Å². The number of carboxylic acid groups (broad SMARTS) is 1. The minimum absolute atomic E-state index is 0.0162. The van der Waals surface area contributed by atoms with Crippen LogP contribution >= 0.6 is 27.7 Å². The van der Waals surface area contributed by atoms with Crippen LogP contribution in [0.15, 0.2) is 28.7 Å². The predicted molar refractivity (Wildman–Crippen MR) is 85.5 cm³/mol. The molecule has 1 aliphatic heterocycles. The first-order valence-corrected chi connectivity index (χ1v) is 8.87. The molecule has 0 radical (unpaired) electrons. The van der Waals surface area contributed by atoms with Gasteiger partial charge < -0.3 is 10.0 Å². The van der Waals surface area contributed by atoms with Crippen LogP contribution in [0.25, 0.3) is 0 Å². The minimum Gasteiger partial charge on any atom is -0.480 e. The molecule has 1 atom stereocenters. The van der Waals surface area contributed by atoms with Gasteiger partial charge in [0.2, 0.25) is 5.91 Å². The Morgan fingerprint density at radius 3 is 2.52 bits per heavy atom. The fourth-order valence-corrected chi connectivity index (χ4v) is 4.15. The van der Waals surface area contributed by atoms with E-state index in [1.54, 1.807) is 16.7 Å². The summed E-state index contributed by atoms with van der Waals surface area (Å²) in [5.41, 5.74) is 0.509. The number of hydrogen-bond donors (Lipinski definition) is 1. The maximum atomic E-state index is 12.9. The maximum absolute atomic E-state index is 12.9. The number of amides is 1. The van der Waals surface area contributed by atoms with E-state index in [-0.39, 0.29) is 5.91 Å². The molecule has 2 fully saturated rings. The number of nitrogens with zero attached hydrogens (tertiary/aromatic N) is 1. The van der Waals surface area contributed by atoms with Crippen molar-refractivity contribution in [1.82, 2.24) is 4.90 Å². The summed E-state index contributed by atoms with van der Waals surface area (Å²) in [6.07, 6.45) is 1.62. The fourth-order valence-electron chi connectivity index (χ4n) is 2.85. The molecule has 1 aromatic rings. The van der Waals surface area contributed by atoms with E-state index >= 15 is 0 Å². The molecule has 3 rings (SSSR count). The van der Waals surface area contributed by atoms with E-state index in [9.17, 15) is 14.7 Å². The lowest BCUT2D eigenvalue weighted by molar-refractivity contribution is -0.150. The number of carbonyl (C=O) groups is 2. The van der Waals surface area contributed by atoms with Crippen molar-refractivity contribution >= 4 is 39.6 Å². The van der Waals surface area contributed by atoms with Gasteiger partial charge >= 0.3 is 5.97 Å². The van der Waals surface area contributed by atoms with Crippen LogP contribution in [-0.4, -0.2) is 46.0 Å². The molecule has 1 saturated heterocycles. The van der Waals surface area contributed by atoms with Crippen LogP contribution < -0.4 is 0 Å². The number of thioether (sulfide) groups is 1. The SMILES string of the molecule is O=C(O)C1CSCCN1C(=O)C1(c2ccc(Br)cc2)CC1. The van der Waals surface area contributed by atoms with Crippen molar-refractivity contribution in [1.29, 1.82) is 0 Å². The molecule has 0 spiro atoms. The van der Waals surface area contributed by atoms with Gasteiger partial charge in [0.25, 0.3) is 0 Å². The number of benzene rings is 1. The van der Waals surface area contributed by atoms with Crippen molar-refractivity contribution in [3.05, 3.63) is 34.3 Å². The fraction of sp³-hybridized carbons (Fsp3) is 0.467. The number of halogens is 1. The lowest BCUT2D eigenvalue weighted by atomic mass is 9.93. The third-order valence-electron chi connectivity index (χ3n) is 4.23. The predicted octanol–water partition coefficient (Wildman–Crippen LogP) is 2.51. The molecule has 0 bridgehead atoms. The molecule has 21 heavy (non-hydrogen) atoms. The van der Waals surface area contributed by atoms with Crippen LogP contribution in [0.5, 0.6) is 0 Å². The third kappa shape index (κ3) is 2.71. The number of aliphatic carboxylic acids is 1. The maximum Gasteiger partial charge on any atom is 0.327 e. The highest BCUT2D eigenvalue weighted by Gasteiger charge is 2.54. The van der Waals surface area contributed by atoms with E-state index in [0.29, 0.717) is 12.3 Å². The molecule has 1 saturated carbocycles. The summed E-state index contributed by atoms with van der Waals surface area (Å²) in [5.74, 6) is 0.378. The van der Waals surface area contributed by atoms with Crippen LogP contribution in [0.3, 0.4) is 0 Å². The Morgan fingerprint density at radius 2 is 1.95 bits per heavy atom. The second kappa shape index (κ2) is 5.65. The van der Waals surface area contributed by atoms with Gasteiger partial charge in [-0.05, 0) is 30.5 Å². The van der Waals surface area contributed by atoms with Gasteiger partial charge in [-0.3, -0.25) is 4.79 Å². The molecule has 1 amide bonds. The van der Waals surface area contributed by atoms with Crippen molar-refractivity contribution in [2.45, 2.75) is 24.3 Å². The second-order valence-corrected chi connectivity index (χ2v) is 7.58. The highest BCUT2D eigenvalue weighted by molar-refractivity contribution is 9.10. The topological polar surface area (TPSA) is 57.6 Å². The van der Waals surface area contributed by atoms with Crippen molar-refractivity contribution in [3.63, 3.8) is 0 Å². The Morgan fingerprint density at radius 1 is 1.29 bits per heavy atom. The number of rotatable bonds is 3. The lowest BCUT2D eigenvalue weighted by Crippen LogP contribution is -2.53. The van der Waals surface area contributed by atoms with Crippen LogP contribution in [0, 0.1) is 0 Å². The quantitative estimate of drug-likeness (QED) is 0.889. The lowest BCUT2D eigenvalue weighted by Gasteiger charge is -2.35. The Kier molecular flexibility index (Phi) is 4.01. The first-order chi connectivity index (χ1) is 10.0. The highest BCUT2D eigenvalue weighted by atomic mass is 79.9. The van der Waals surface area contributed by atoms with Gasteiger partial charge in [0.05, 0.1) is 5.41 Å². The van der Waals surface area contributed by atoms with E-state index in [1.807, 2.05) is 24.3 Å². The molecule has 1 heterocycles. The van der Waals surface area contributed by atoms with E-state index < -0.39 is 17.4 Å². The van der Waals surface area contributed by atoms with Gasteiger partial charge in [-0.15, -0.1) is 0 Å². The van der Waals surface area contributed by atoms with Crippen molar-refractivity contribution in [2.75, 3.05) is 18.1 Å². The highest BCUT2D eigenvalue weighted by Crippen LogP contribution is 2.50. The molecular weight excluding hydrogens is 354 g/mol. The molecule has 0 aromatic heterocycles. The molecule has 1 aliphatic carbocycles. The summed E-state index contributed by atoms with van der Waals surface area (Å²) in [4.78, 5) is 25.9. The van der Waals surface area contributed by atoms with Gasteiger partial charge in [0.15, 0.2) is 0 Å². The van der Waals surface area contributed by atoms with Gasteiger partial charge in [-0.25, -0.2) is 4.79 Å². The van der Waals surface area contributed by atoms with Gasteiger partial charge in [0.1, 0.15) is 6.04 Å². The van der Waals surface area contributed by atoms with Crippen LogP contribution in [0.4, 0.5) is 0 Å². The normalized spacial score (nSPS) is 23.7. The Balaban J connectivity index is 1.86. The molecule has 1 N–H and O–H groups in total. The van der Waals surface area contributed by atoms with Crippen LogP contribution in [-0.2, 0) is 15.0 Å². The zero-order chi connectivity index (χ0) is 15.0. The molecule has 1 aromatic carbocycles. The molecule has 2 aliphatic rings. The van der Waals surface area contributed by atoms with E-state index in [4.69, 9.17) is 0 Å². The summed E-state index contributed by atoms with van der Waals surface area (Å²) in [7, 11) is 0. The second-order valence-electron chi connectivity index (χ2n) is 5.52. The summed E-state index contributed by atoms with van der Waals surface area (Å²) >= 11 is 5.00. The van der Waals surface area contributed by atoms with E-state index in [1.165, 1.54) is 0 Å². The van der Waals surface area contributed by atoms with Crippen molar-refractivity contribution < 1.29 is 14.7 Å². The molecule has 1 unspecified atom stereocenters.